The Morgan fingerprint density at radius 1 is 0.917 bits per heavy atom. The molecule has 0 fully saturated rings. The first-order chi connectivity index (χ1) is 11.5. The van der Waals surface area contributed by atoms with Crippen LogP contribution in [0.1, 0.15) is 21.6 Å². The van der Waals surface area contributed by atoms with Crippen molar-refractivity contribution in [2.24, 2.45) is 0 Å². The number of phenolic OH excluding ortho intramolecular Hbond substituents is 2. The highest BCUT2D eigenvalue weighted by atomic mass is 16.4. The van der Waals surface area contributed by atoms with E-state index in [1.165, 1.54) is 24.3 Å². The average molecular weight is 323 g/mol. The summed E-state index contributed by atoms with van der Waals surface area (Å²) in [5.74, 6) is -1.92. The third-order valence-electron chi connectivity index (χ3n) is 3.54. The highest BCUT2D eigenvalue weighted by molar-refractivity contribution is 5.99. The molecule has 3 rings (SSSR count). The average Bonchev–Trinajstić information content (AvgIpc) is 2.56. The number of aromatic carboxylic acids is 1. The van der Waals surface area contributed by atoms with Gasteiger partial charge < -0.3 is 20.4 Å². The number of hydrogen-bond donors (Lipinski definition) is 4. The quantitative estimate of drug-likeness (QED) is 0.551. The third-order valence-corrected chi connectivity index (χ3v) is 3.54. The molecule has 24 heavy (non-hydrogen) atoms. The number of carbonyl (C=O) groups is 1. The van der Waals surface area contributed by atoms with E-state index in [0.29, 0.717) is 22.2 Å². The number of fused-ring (bicyclic) bond motifs is 1. The van der Waals surface area contributed by atoms with Crippen LogP contribution in [0.4, 0.5) is 0 Å². The fraction of sp³-hybridized carbons (Fsp3) is 0. The first-order valence-corrected chi connectivity index (χ1v) is 7.02. The van der Waals surface area contributed by atoms with Crippen molar-refractivity contribution in [1.29, 1.82) is 0 Å². The first kappa shape index (κ1) is 15.4. The van der Waals surface area contributed by atoms with Gasteiger partial charge in [0.2, 0.25) is 0 Å². The van der Waals surface area contributed by atoms with Crippen molar-refractivity contribution in [2.45, 2.75) is 0 Å². The number of carboxylic acid groups (broad SMARTS) is 1. The Morgan fingerprint density at radius 3 is 2.42 bits per heavy atom. The number of aromatic nitrogens is 1. The van der Waals surface area contributed by atoms with Gasteiger partial charge in [-0.2, -0.15) is 0 Å². The number of benzene rings is 2. The molecule has 2 aromatic carbocycles. The Labute approximate surface area is 136 Å². The molecule has 120 valence electrons. The number of nitrogens with zero attached hydrogens (tertiary/aromatic N) is 1. The first-order valence-electron chi connectivity index (χ1n) is 7.02. The second-order valence-electron chi connectivity index (χ2n) is 5.15. The zero-order chi connectivity index (χ0) is 17.3. The molecular formula is C18H13NO5. The molecular weight excluding hydrogens is 310 g/mol. The van der Waals surface area contributed by atoms with E-state index in [2.05, 4.69) is 4.98 Å². The Balaban J connectivity index is 1.96. The molecule has 1 aromatic heterocycles. The van der Waals surface area contributed by atoms with Crippen LogP contribution in [-0.2, 0) is 0 Å². The largest absolute Gasteiger partial charge is 0.506 e. The zero-order valence-electron chi connectivity index (χ0n) is 12.3. The number of phenols is 3. The van der Waals surface area contributed by atoms with Crippen molar-refractivity contribution >= 4 is 29.0 Å². The SMILES string of the molecule is O=C(O)c1ccc2nc(C=Cc3ccc(O)c(O)c3)ccc2c1O. The van der Waals surface area contributed by atoms with Crippen LogP contribution in [0.5, 0.6) is 17.2 Å². The molecule has 1 heterocycles. The molecule has 0 saturated heterocycles. The van der Waals surface area contributed by atoms with E-state index in [1.54, 1.807) is 30.4 Å². The van der Waals surface area contributed by atoms with Gasteiger partial charge in [0.05, 0.1) is 11.2 Å². The van der Waals surface area contributed by atoms with Crippen molar-refractivity contribution in [3.05, 3.63) is 59.3 Å². The van der Waals surface area contributed by atoms with Crippen molar-refractivity contribution in [3.8, 4) is 17.2 Å². The van der Waals surface area contributed by atoms with Crippen LogP contribution in [0.15, 0.2) is 42.5 Å². The van der Waals surface area contributed by atoms with Crippen LogP contribution >= 0.6 is 0 Å². The molecule has 0 bridgehead atoms. The number of pyridine rings is 1. The minimum Gasteiger partial charge on any atom is -0.506 e. The summed E-state index contributed by atoms with van der Waals surface area (Å²) in [6.07, 6.45) is 3.41. The Bertz CT molecular complexity index is 979. The molecule has 0 saturated carbocycles. The monoisotopic (exact) mass is 323 g/mol. The maximum atomic E-state index is 11.0. The predicted molar refractivity (Wildman–Crippen MR) is 89.1 cm³/mol. The van der Waals surface area contributed by atoms with E-state index < -0.39 is 5.97 Å². The van der Waals surface area contributed by atoms with Crippen molar-refractivity contribution in [2.75, 3.05) is 0 Å². The molecule has 6 heteroatoms. The van der Waals surface area contributed by atoms with E-state index in [0.717, 1.165) is 0 Å². The van der Waals surface area contributed by atoms with Gasteiger partial charge in [-0.15, -0.1) is 0 Å². The zero-order valence-corrected chi connectivity index (χ0v) is 12.3. The van der Waals surface area contributed by atoms with E-state index in [9.17, 15) is 20.1 Å². The maximum Gasteiger partial charge on any atom is 0.339 e. The summed E-state index contributed by atoms with van der Waals surface area (Å²) in [7, 11) is 0. The summed E-state index contributed by atoms with van der Waals surface area (Å²) in [6.45, 7) is 0. The van der Waals surface area contributed by atoms with Gasteiger partial charge in [0.15, 0.2) is 11.5 Å². The Hall–Kier alpha value is -3.54. The van der Waals surface area contributed by atoms with Gasteiger partial charge in [-0.05, 0) is 48.0 Å². The summed E-state index contributed by atoms with van der Waals surface area (Å²) in [5.41, 5.74) is 1.56. The topological polar surface area (TPSA) is 111 Å². The molecule has 0 aliphatic carbocycles. The lowest BCUT2D eigenvalue weighted by Crippen LogP contribution is -1.97. The molecule has 0 spiro atoms. The van der Waals surface area contributed by atoms with Gasteiger partial charge >= 0.3 is 5.97 Å². The number of carboxylic acids is 1. The van der Waals surface area contributed by atoms with Crippen LogP contribution in [0.25, 0.3) is 23.1 Å². The van der Waals surface area contributed by atoms with Gasteiger partial charge in [0.25, 0.3) is 0 Å². The lowest BCUT2D eigenvalue weighted by atomic mass is 10.1. The Kier molecular flexibility index (Phi) is 3.79. The second kappa shape index (κ2) is 5.92. The third kappa shape index (κ3) is 2.85. The number of rotatable bonds is 3. The summed E-state index contributed by atoms with van der Waals surface area (Å²) in [6, 6.07) is 10.5. The fourth-order valence-electron chi connectivity index (χ4n) is 2.30. The summed E-state index contributed by atoms with van der Waals surface area (Å²) < 4.78 is 0. The molecule has 0 atom stereocenters. The molecule has 0 aliphatic heterocycles. The molecule has 6 nitrogen and oxygen atoms in total. The van der Waals surface area contributed by atoms with Crippen molar-refractivity contribution in [3.63, 3.8) is 0 Å². The molecule has 3 aromatic rings. The number of aromatic hydroxyl groups is 3. The van der Waals surface area contributed by atoms with Crippen molar-refractivity contribution < 1.29 is 25.2 Å². The summed E-state index contributed by atoms with van der Waals surface area (Å²) in [4.78, 5) is 15.4. The van der Waals surface area contributed by atoms with Crippen molar-refractivity contribution in [1.82, 2.24) is 4.98 Å². The summed E-state index contributed by atoms with van der Waals surface area (Å²) in [5, 5.41) is 38.1. The minimum absolute atomic E-state index is 0.174. The van der Waals surface area contributed by atoms with E-state index in [1.807, 2.05) is 0 Å². The van der Waals surface area contributed by atoms with E-state index in [4.69, 9.17) is 5.11 Å². The minimum atomic E-state index is -1.20. The van der Waals surface area contributed by atoms with Crippen LogP contribution < -0.4 is 0 Å². The molecule has 0 radical (unpaired) electrons. The van der Waals surface area contributed by atoms with Crippen LogP contribution in [-0.4, -0.2) is 31.4 Å². The van der Waals surface area contributed by atoms with Gasteiger partial charge in [-0.1, -0.05) is 12.1 Å². The van der Waals surface area contributed by atoms with Gasteiger partial charge in [-0.25, -0.2) is 9.78 Å². The predicted octanol–water partition coefficient (Wildman–Crippen LogP) is 3.22. The van der Waals surface area contributed by atoms with E-state index in [-0.39, 0.29) is 22.8 Å². The molecule has 4 N–H and O–H groups in total. The number of hydrogen-bond acceptors (Lipinski definition) is 5. The molecule has 0 aliphatic rings. The smallest absolute Gasteiger partial charge is 0.339 e. The Morgan fingerprint density at radius 2 is 1.71 bits per heavy atom. The van der Waals surface area contributed by atoms with Gasteiger partial charge in [-0.3, -0.25) is 0 Å². The lowest BCUT2D eigenvalue weighted by Gasteiger charge is -2.05. The van der Waals surface area contributed by atoms with Crippen LogP contribution in [0.2, 0.25) is 0 Å². The highest BCUT2D eigenvalue weighted by Crippen LogP contribution is 2.29. The van der Waals surface area contributed by atoms with Crippen LogP contribution in [0, 0.1) is 0 Å². The summed E-state index contributed by atoms with van der Waals surface area (Å²) >= 11 is 0. The second-order valence-corrected chi connectivity index (χ2v) is 5.15. The molecule has 0 amide bonds. The van der Waals surface area contributed by atoms with E-state index >= 15 is 0 Å². The maximum absolute atomic E-state index is 11.0. The lowest BCUT2D eigenvalue weighted by molar-refractivity contribution is 0.0694. The normalized spacial score (nSPS) is 11.2. The highest BCUT2D eigenvalue weighted by Gasteiger charge is 2.13. The van der Waals surface area contributed by atoms with Gasteiger partial charge in [0.1, 0.15) is 11.3 Å². The fourth-order valence-corrected chi connectivity index (χ4v) is 2.30. The van der Waals surface area contributed by atoms with Crippen LogP contribution in [0.3, 0.4) is 0 Å². The van der Waals surface area contributed by atoms with Gasteiger partial charge in [0, 0.05) is 5.39 Å². The standard InChI is InChI=1S/C18H13NO5/c20-15-8-2-10(9-16(15)21)1-3-11-4-5-12-14(19-11)7-6-13(17(12)22)18(23)24/h1-9,20-22H,(H,23,24). The molecule has 0 unspecified atom stereocenters.